The van der Waals surface area contributed by atoms with E-state index in [1.165, 1.54) is 12.1 Å². The number of nitrogens with zero attached hydrogens (tertiary/aromatic N) is 2. The second kappa shape index (κ2) is 7.31. The molecule has 1 aliphatic rings. The second-order valence-corrected chi connectivity index (χ2v) is 6.97. The molecule has 0 aliphatic carbocycles. The van der Waals surface area contributed by atoms with Crippen molar-refractivity contribution in [2.75, 3.05) is 13.1 Å². The number of ether oxygens (including phenoxy) is 1. The third-order valence-electron chi connectivity index (χ3n) is 4.52. The van der Waals surface area contributed by atoms with Crippen LogP contribution in [0.25, 0.3) is 11.0 Å². The Balaban J connectivity index is 1.35. The normalized spacial score (nSPS) is 20.9. The fourth-order valence-corrected chi connectivity index (χ4v) is 3.36. The van der Waals surface area contributed by atoms with E-state index < -0.39 is 12.3 Å². The summed E-state index contributed by atoms with van der Waals surface area (Å²) in [7, 11) is 0. The molecule has 0 amide bonds. The van der Waals surface area contributed by atoms with Gasteiger partial charge >= 0.3 is 0 Å². The van der Waals surface area contributed by atoms with Gasteiger partial charge in [-0.05, 0) is 35.9 Å². The van der Waals surface area contributed by atoms with Crippen LogP contribution in [0, 0.1) is 5.82 Å². The number of likely N-dealkylation sites (tertiary alicyclic amines) is 1. The number of imidazole rings is 1. The van der Waals surface area contributed by atoms with E-state index in [1.54, 1.807) is 6.07 Å². The summed E-state index contributed by atoms with van der Waals surface area (Å²) in [5.74, 6) is 0.236. The van der Waals surface area contributed by atoms with Crippen LogP contribution in [-0.2, 0) is 17.9 Å². The maximum absolute atomic E-state index is 14.3. The molecule has 2 atom stereocenters. The third kappa shape index (κ3) is 3.87. The highest BCUT2D eigenvalue weighted by atomic mass is 35.5. The summed E-state index contributed by atoms with van der Waals surface area (Å²) in [6, 6.07) is 11.9. The van der Waals surface area contributed by atoms with Crippen molar-refractivity contribution in [1.82, 2.24) is 14.9 Å². The van der Waals surface area contributed by atoms with Crippen LogP contribution in [0.2, 0.25) is 5.02 Å². The minimum Gasteiger partial charge on any atom is -0.366 e. The summed E-state index contributed by atoms with van der Waals surface area (Å²) >= 11 is 5.89. The van der Waals surface area contributed by atoms with Gasteiger partial charge in [-0.1, -0.05) is 23.7 Å². The van der Waals surface area contributed by atoms with Crippen molar-refractivity contribution in [2.24, 2.45) is 0 Å². The molecule has 1 N–H and O–H groups in total. The van der Waals surface area contributed by atoms with Crippen molar-refractivity contribution in [3.63, 3.8) is 0 Å². The van der Waals surface area contributed by atoms with Gasteiger partial charge < -0.3 is 9.72 Å². The maximum Gasteiger partial charge on any atom is 0.140 e. The van der Waals surface area contributed by atoms with Gasteiger partial charge in [0.2, 0.25) is 0 Å². The largest absolute Gasteiger partial charge is 0.366 e. The van der Waals surface area contributed by atoms with E-state index in [0.717, 1.165) is 5.56 Å². The number of aromatic amines is 1. The molecule has 1 saturated heterocycles. The Bertz CT molecular complexity index is 899. The number of hydrogen-bond acceptors (Lipinski definition) is 3. The Morgan fingerprint density at radius 1 is 1.19 bits per heavy atom. The molecular formula is C19H18ClF2N3O. The Labute approximate surface area is 154 Å². The molecule has 1 aromatic heterocycles. The number of halogens is 3. The van der Waals surface area contributed by atoms with Crippen LogP contribution < -0.4 is 0 Å². The molecule has 1 aliphatic heterocycles. The summed E-state index contributed by atoms with van der Waals surface area (Å²) in [6.07, 6.45) is -1.56. The number of aromatic nitrogens is 2. The standard InChI is InChI=1S/C19H18ClF2N3O/c20-13-3-1-12(2-4-13)8-25-9-15(22)18(10-25)26-11-19-23-16-6-5-14(21)7-17(16)24-19/h1-7,15,18H,8-11H2,(H,23,24). The Hall–Kier alpha value is -2.02. The first-order chi connectivity index (χ1) is 12.6. The van der Waals surface area contributed by atoms with E-state index in [0.29, 0.717) is 41.5 Å². The minimum absolute atomic E-state index is 0.163. The molecule has 0 radical (unpaired) electrons. The lowest BCUT2D eigenvalue weighted by Crippen LogP contribution is -2.24. The number of H-pyrrole nitrogens is 1. The van der Waals surface area contributed by atoms with Crippen LogP contribution in [0.3, 0.4) is 0 Å². The van der Waals surface area contributed by atoms with E-state index in [4.69, 9.17) is 16.3 Å². The van der Waals surface area contributed by atoms with Gasteiger partial charge in [-0.2, -0.15) is 0 Å². The average Bonchev–Trinajstić information content (AvgIpc) is 3.17. The molecule has 0 bridgehead atoms. The van der Waals surface area contributed by atoms with Crippen molar-refractivity contribution in [3.05, 3.63) is 64.7 Å². The van der Waals surface area contributed by atoms with Gasteiger partial charge in [0, 0.05) is 24.7 Å². The molecule has 1 fully saturated rings. The van der Waals surface area contributed by atoms with Crippen molar-refractivity contribution in [1.29, 1.82) is 0 Å². The molecule has 0 spiro atoms. The summed E-state index contributed by atoms with van der Waals surface area (Å²) in [6.45, 7) is 1.66. The molecule has 7 heteroatoms. The molecule has 2 heterocycles. The predicted molar refractivity (Wildman–Crippen MR) is 96.3 cm³/mol. The monoisotopic (exact) mass is 377 g/mol. The number of alkyl halides is 1. The molecule has 2 aromatic carbocycles. The van der Waals surface area contributed by atoms with E-state index >= 15 is 0 Å². The highest BCUT2D eigenvalue weighted by molar-refractivity contribution is 6.30. The average molecular weight is 378 g/mol. The van der Waals surface area contributed by atoms with Crippen LogP contribution in [0.1, 0.15) is 11.4 Å². The molecule has 3 aromatic rings. The fraction of sp³-hybridized carbons (Fsp3) is 0.316. The zero-order valence-corrected chi connectivity index (χ0v) is 14.7. The SMILES string of the molecule is Fc1ccc2nc(COC3CN(Cc4ccc(Cl)cc4)CC3F)[nH]c2c1. The van der Waals surface area contributed by atoms with Crippen LogP contribution >= 0.6 is 11.6 Å². The van der Waals surface area contributed by atoms with Gasteiger partial charge in [0.1, 0.15) is 30.5 Å². The minimum atomic E-state index is -1.05. The van der Waals surface area contributed by atoms with Gasteiger partial charge in [0.15, 0.2) is 0 Å². The summed E-state index contributed by atoms with van der Waals surface area (Å²) in [5, 5.41) is 0.686. The van der Waals surface area contributed by atoms with Crippen molar-refractivity contribution < 1.29 is 13.5 Å². The van der Waals surface area contributed by atoms with Crippen molar-refractivity contribution >= 4 is 22.6 Å². The Kier molecular flexibility index (Phi) is 4.89. The summed E-state index contributed by atoms with van der Waals surface area (Å²) in [4.78, 5) is 9.37. The van der Waals surface area contributed by atoms with Crippen LogP contribution in [0.15, 0.2) is 42.5 Å². The fourth-order valence-electron chi connectivity index (χ4n) is 3.23. The van der Waals surface area contributed by atoms with Crippen LogP contribution in [0.4, 0.5) is 8.78 Å². The topological polar surface area (TPSA) is 41.1 Å². The van der Waals surface area contributed by atoms with E-state index in [9.17, 15) is 8.78 Å². The molecule has 4 nitrogen and oxygen atoms in total. The highest BCUT2D eigenvalue weighted by Crippen LogP contribution is 2.21. The molecule has 2 unspecified atom stereocenters. The summed E-state index contributed by atoms with van der Waals surface area (Å²) < 4.78 is 33.3. The van der Waals surface area contributed by atoms with Crippen molar-refractivity contribution in [2.45, 2.75) is 25.4 Å². The molecule has 0 saturated carbocycles. The van der Waals surface area contributed by atoms with Crippen LogP contribution in [0.5, 0.6) is 0 Å². The first kappa shape index (κ1) is 17.4. The zero-order valence-electron chi connectivity index (χ0n) is 14.0. The summed E-state index contributed by atoms with van der Waals surface area (Å²) in [5.41, 5.74) is 2.36. The lowest BCUT2D eigenvalue weighted by Gasteiger charge is -2.15. The molecule has 26 heavy (non-hydrogen) atoms. The Morgan fingerprint density at radius 3 is 2.81 bits per heavy atom. The number of nitrogens with one attached hydrogen (secondary N) is 1. The molecule has 136 valence electrons. The van der Waals surface area contributed by atoms with Gasteiger partial charge in [-0.15, -0.1) is 0 Å². The first-order valence-electron chi connectivity index (χ1n) is 8.43. The van der Waals surface area contributed by atoms with E-state index in [2.05, 4.69) is 9.97 Å². The smallest absolute Gasteiger partial charge is 0.140 e. The number of fused-ring (bicyclic) bond motifs is 1. The van der Waals surface area contributed by atoms with Crippen LogP contribution in [-0.4, -0.2) is 40.2 Å². The van der Waals surface area contributed by atoms with Gasteiger partial charge in [0.25, 0.3) is 0 Å². The third-order valence-corrected chi connectivity index (χ3v) is 4.77. The first-order valence-corrected chi connectivity index (χ1v) is 8.81. The number of hydrogen-bond donors (Lipinski definition) is 1. The molecular weight excluding hydrogens is 360 g/mol. The maximum atomic E-state index is 14.3. The van der Waals surface area contributed by atoms with Crippen molar-refractivity contribution in [3.8, 4) is 0 Å². The van der Waals surface area contributed by atoms with E-state index in [-0.39, 0.29) is 12.4 Å². The van der Waals surface area contributed by atoms with E-state index in [1.807, 2.05) is 29.2 Å². The lowest BCUT2D eigenvalue weighted by atomic mass is 10.2. The zero-order chi connectivity index (χ0) is 18.1. The predicted octanol–water partition coefficient (Wildman–Crippen LogP) is 4.09. The Morgan fingerprint density at radius 2 is 2.00 bits per heavy atom. The van der Waals surface area contributed by atoms with Gasteiger partial charge in [0.05, 0.1) is 11.0 Å². The van der Waals surface area contributed by atoms with Gasteiger partial charge in [-0.25, -0.2) is 13.8 Å². The lowest BCUT2D eigenvalue weighted by molar-refractivity contribution is 0.00864. The number of rotatable bonds is 5. The molecule has 4 rings (SSSR count). The quantitative estimate of drug-likeness (QED) is 0.728. The van der Waals surface area contributed by atoms with Gasteiger partial charge in [-0.3, -0.25) is 4.90 Å². The number of benzene rings is 2. The second-order valence-electron chi connectivity index (χ2n) is 6.53. The highest BCUT2D eigenvalue weighted by Gasteiger charge is 2.33.